The van der Waals surface area contributed by atoms with Crippen molar-refractivity contribution in [2.75, 3.05) is 6.61 Å². The third-order valence-corrected chi connectivity index (χ3v) is 3.69. The molecule has 0 amide bonds. The summed E-state index contributed by atoms with van der Waals surface area (Å²) in [5, 5.41) is 17.5. The molecule has 0 unspecified atom stereocenters. The number of nitrogens with one attached hydrogen (secondary N) is 1. The molecule has 1 atom stereocenters. The Morgan fingerprint density at radius 2 is 1.89 bits per heavy atom. The highest BCUT2D eigenvalue weighted by molar-refractivity contribution is 7.88. The molecule has 0 saturated heterocycles. The standard InChI is InChI=1S/C11H15NO5S/c1-8(6-13)12-18(16,17)7-9-2-4-10(5-3-9)11(14)15/h2-5,8,12-13H,6-7H2,1H3,(H,14,15)/t8-/m1/s1. The molecule has 1 aromatic carbocycles. The molecule has 0 aliphatic heterocycles. The van der Waals surface area contributed by atoms with Crippen molar-refractivity contribution >= 4 is 16.0 Å². The van der Waals surface area contributed by atoms with Crippen LogP contribution in [-0.4, -0.2) is 37.2 Å². The maximum atomic E-state index is 11.6. The monoisotopic (exact) mass is 273 g/mol. The van der Waals surface area contributed by atoms with Crippen molar-refractivity contribution in [2.45, 2.75) is 18.7 Å². The number of carboxylic acid groups (broad SMARTS) is 1. The zero-order valence-electron chi connectivity index (χ0n) is 9.83. The van der Waals surface area contributed by atoms with Crippen LogP contribution in [0.1, 0.15) is 22.8 Å². The van der Waals surface area contributed by atoms with Gasteiger partial charge in [-0.25, -0.2) is 17.9 Å². The van der Waals surface area contributed by atoms with Crippen LogP contribution in [0.2, 0.25) is 0 Å². The summed E-state index contributed by atoms with van der Waals surface area (Å²) >= 11 is 0. The Hall–Kier alpha value is -1.44. The van der Waals surface area contributed by atoms with E-state index in [0.29, 0.717) is 5.56 Å². The minimum atomic E-state index is -3.54. The van der Waals surface area contributed by atoms with Gasteiger partial charge in [0.2, 0.25) is 10.0 Å². The number of aliphatic hydroxyl groups is 1. The van der Waals surface area contributed by atoms with Crippen LogP contribution in [0, 0.1) is 0 Å². The lowest BCUT2D eigenvalue weighted by Crippen LogP contribution is -2.35. The number of aromatic carboxylic acids is 1. The molecule has 6 nitrogen and oxygen atoms in total. The molecule has 7 heteroatoms. The highest BCUT2D eigenvalue weighted by atomic mass is 32.2. The minimum absolute atomic E-state index is 0.104. The summed E-state index contributed by atoms with van der Waals surface area (Å²) in [7, 11) is -3.54. The van der Waals surface area contributed by atoms with Gasteiger partial charge in [0.05, 0.1) is 17.9 Å². The Kier molecular flexibility index (Phi) is 4.83. The number of sulfonamides is 1. The minimum Gasteiger partial charge on any atom is -0.478 e. The van der Waals surface area contributed by atoms with E-state index in [9.17, 15) is 13.2 Å². The molecule has 0 fully saturated rings. The fourth-order valence-corrected chi connectivity index (χ4v) is 2.75. The second-order valence-corrected chi connectivity index (χ2v) is 5.72. The second kappa shape index (κ2) is 5.94. The Labute approximate surface area is 105 Å². The molecule has 18 heavy (non-hydrogen) atoms. The number of carboxylic acids is 1. The number of rotatable bonds is 6. The van der Waals surface area contributed by atoms with Crippen LogP contribution >= 0.6 is 0 Å². The lowest BCUT2D eigenvalue weighted by molar-refractivity contribution is 0.0697. The molecule has 0 spiro atoms. The molecule has 0 bridgehead atoms. The molecular weight excluding hydrogens is 258 g/mol. The summed E-state index contributed by atoms with van der Waals surface area (Å²) in [6.07, 6.45) is 0. The molecule has 1 aromatic rings. The van der Waals surface area contributed by atoms with Crippen molar-refractivity contribution in [2.24, 2.45) is 0 Å². The van der Waals surface area contributed by atoms with E-state index < -0.39 is 22.0 Å². The van der Waals surface area contributed by atoms with Gasteiger partial charge in [0, 0.05) is 6.04 Å². The number of aliphatic hydroxyl groups excluding tert-OH is 1. The van der Waals surface area contributed by atoms with Gasteiger partial charge < -0.3 is 10.2 Å². The average Bonchev–Trinajstić information content (AvgIpc) is 2.28. The van der Waals surface area contributed by atoms with E-state index in [-0.39, 0.29) is 17.9 Å². The summed E-state index contributed by atoms with van der Waals surface area (Å²) in [6, 6.07) is 5.05. The number of benzene rings is 1. The van der Waals surface area contributed by atoms with E-state index in [1.807, 2.05) is 0 Å². The average molecular weight is 273 g/mol. The Morgan fingerprint density at radius 1 is 1.33 bits per heavy atom. The van der Waals surface area contributed by atoms with E-state index >= 15 is 0 Å². The maximum absolute atomic E-state index is 11.6. The molecule has 0 radical (unpaired) electrons. The fraction of sp³-hybridized carbons (Fsp3) is 0.364. The molecule has 0 heterocycles. The number of hydrogen-bond donors (Lipinski definition) is 3. The Bertz CT molecular complexity index is 509. The molecule has 0 saturated carbocycles. The highest BCUT2D eigenvalue weighted by Crippen LogP contribution is 2.08. The largest absolute Gasteiger partial charge is 0.478 e. The van der Waals surface area contributed by atoms with Crippen LogP contribution in [0.5, 0.6) is 0 Å². The quantitative estimate of drug-likeness (QED) is 0.686. The van der Waals surface area contributed by atoms with E-state index in [2.05, 4.69) is 4.72 Å². The van der Waals surface area contributed by atoms with Gasteiger partial charge in [-0.3, -0.25) is 0 Å². The maximum Gasteiger partial charge on any atom is 0.335 e. The van der Waals surface area contributed by atoms with Crippen LogP contribution in [0.4, 0.5) is 0 Å². The van der Waals surface area contributed by atoms with Crippen molar-refractivity contribution in [1.82, 2.24) is 4.72 Å². The van der Waals surface area contributed by atoms with Gasteiger partial charge in [0.25, 0.3) is 0 Å². The summed E-state index contributed by atoms with van der Waals surface area (Å²) in [6.45, 7) is 1.27. The van der Waals surface area contributed by atoms with Crippen molar-refractivity contribution in [3.05, 3.63) is 35.4 Å². The van der Waals surface area contributed by atoms with Gasteiger partial charge in [-0.2, -0.15) is 0 Å². The van der Waals surface area contributed by atoms with Gasteiger partial charge in [0.1, 0.15) is 0 Å². The van der Waals surface area contributed by atoms with E-state index in [0.717, 1.165) is 0 Å². The molecule has 100 valence electrons. The number of carbonyl (C=O) groups is 1. The third kappa shape index (κ3) is 4.44. The molecule has 0 aliphatic rings. The zero-order valence-corrected chi connectivity index (χ0v) is 10.6. The first kappa shape index (κ1) is 14.6. The summed E-state index contributed by atoms with van der Waals surface area (Å²) in [5.41, 5.74) is 0.588. The van der Waals surface area contributed by atoms with Crippen LogP contribution < -0.4 is 4.72 Å². The summed E-state index contributed by atoms with van der Waals surface area (Å²) < 4.78 is 25.6. The van der Waals surface area contributed by atoms with Gasteiger partial charge in [-0.05, 0) is 24.6 Å². The highest BCUT2D eigenvalue weighted by Gasteiger charge is 2.15. The first-order chi connectivity index (χ1) is 8.34. The van der Waals surface area contributed by atoms with Crippen LogP contribution in [-0.2, 0) is 15.8 Å². The van der Waals surface area contributed by atoms with Crippen LogP contribution in [0.15, 0.2) is 24.3 Å². The third-order valence-electron chi connectivity index (χ3n) is 2.21. The van der Waals surface area contributed by atoms with E-state index in [1.165, 1.54) is 24.3 Å². The van der Waals surface area contributed by atoms with Crippen molar-refractivity contribution in [1.29, 1.82) is 0 Å². The molecule has 1 rings (SSSR count). The van der Waals surface area contributed by atoms with Gasteiger partial charge >= 0.3 is 5.97 Å². The smallest absolute Gasteiger partial charge is 0.335 e. The summed E-state index contributed by atoms with van der Waals surface area (Å²) in [4.78, 5) is 10.6. The molecular formula is C11H15NO5S. The lowest BCUT2D eigenvalue weighted by atomic mass is 10.1. The predicted octanol–water partition coefficient (Wildman–Crippen LogP) is 0.185. The van der Waals surface area contributed by atoms with Gasteiger partial charge in [0.15, 0.2) is 0 Å². The Morgan fingerprint density at radius 3 is 2.33 bits per heavy atom. The van der Waals surface area contributed by atoms with Gasteiger partial charge in [-0.15, -0.1) is 0 Å². The lowest BCUT2D eigenvalue weighted by Gasteiger charge is -2.11. The summed E-state index contributed by atoms with van der Waals surface area (Å²) in [5.74, 6) is -1.31. The van der Waals surface area contributed by atoms with Crippen molar-refractivity contribution < 1.29 is 23.4 Å². The topological polar surface area (TPSA) is 104 Å². The Balaban J connectivity index is 2.75. The number of hydrogen-bond acceptors (Lipinski definition) is 4. The molecule has 3 N–H and O–H groups in total. The molecule has 0 aromatic heterocycles. The SMILES string of the molecule is C[C@H](CO)NS(=O)(=O)Cc1ccc(C(=O)O)cc1. The van der Waals surface area contributed by atoms with Crippen LogP contribution in [0.3, 0.4) is 0 Å². The normalized spacial score (nSPS) is 13.2. The zero-order chi connectivity index (χ0) is 13.8. The van der Waals surface area contributed by atoms with Crippen molar-refractivity contribution in [3.63, 3.8) is 0 Å². The molecule has 0 aliphatic carbocycles. The first-order valence-electron chi connectivity index (χ1n) is 5.27. The van der Waals surface area contributed by atoms with Gasteiger partial charge in [-0.1, -0.05) is 12.1 Å². The van der Waals surface area contributed by atoms with Crippen LogP contribution in [0.25, 0.3) is 0 Å². The second-order valence-electron chi connectivity index (χ2n) is 3.96. The van der Waals surface area contributed by atoms with E-state index in [4.69, 9.17) is 10.2 Å². The van der Waals surface area contributed by atoms with Crippen molar-refractivity contribution in [3.8, 4) is 0 Å². The first-order valence-corrected chi connectivity index (χ1v) is 6.92. The fourth-order valence-electron chi connectivity index (χ4n) is 1.35. The predicted molar refractivity (Wildman–Crippen MR) is 65.7 cm³/mol. The van der Waals surface area contributed by atoms with E-state index in [1.54, 1.807) is 6.92 Å².